The van der Waals surface area contributed by atoms with Gasteiger partial charge in [0, 0.05) is 22.7 Å². The average molecular weight is 250 g/mol. The van der Waals surface area contributed by atoms with E-state index in [4.69, 9.17) is 5.11 Å². The molecule has 0 saturated heterocycles. The molecule has 2 rings (SSSR count). The molecule has 1 N–H and O–H groups in total. The van der Waals surface area contributed by atoms with E-state index in [-0.39, 0.29) is 6.61 Å². The first kappa shape index (κ1) is 12.0. The molecule has 4 nitrogen and oxygen atoms in total. The third-order valence-electron chi connectivity index (χ3n) is 2.29. The van der Waals surface area contributed by atoms with E-state index < -0.39 is 10.8 Å². The lowest BCUT2D eigenvalue weighted by Gasteiger charge is -2.00. The highest BCUT2D eigenvalue weighted by Crippen LogP contribution is 2.08. The van der Waals surface area contributed by atoms with Crippen LogP contribution in [0.2, 0.25) is 0 Å². The number of nitrogens with zero attached hydrogens (tertiary/aromatic N) is 2. The zero-order chi connectivity index (χ0) is 12.1. The van der Waals surface area contributed by atoms with Gasteiger partial charge in [-0.25, -0.2) is 4.68 Å². The molecule has 0 bridgehead atoms. The van der Waals surface area contributed by atoms with Crippen LogP contribution in [0.4, 0.5) is 0 Å². The lowest BCUT2D eigenvalue weighted by atomic mass is 10.3. The molecule has 5 heteroatoms. The van der Waals surface area contributed by atoms with Gasteiger partial charge >= 0.3 is 0 Å². The van der Waals surface area contributed by atoms with Gasteiger partial charge in [-0.05, 0) is 18.2 Å². The Bertz CT molecular complexity index is 496. The van der Waals surface area contributed by atoms with Crippen LogP contribution in [0, 0.1) is 0 Å². The zero-order valence-electron chi connectivity index (χ0n) is 9.32. The second-order valence-corrected chi connectivity index (χ2v) is 5.18. The highest BCUT2D eigenvalue weighted by atomic mass is 32.2. The van der Waals surface area contributed by atoms with Gasteiger partial charge in [0.05, 0.1) is 23.7 Å². The van der Waals surface area contributed by atoms with Crippen molar-refractivity contribution in [3.63, 3.8) is 0 Å². The number of aliphatic hydroxyl groups is 1. The van der Waals surface area contributed by atoms with Crippen LogP contribution in [0.15, 0.2) is 42.6 Å². The van der Waals surface area contributed by atoms with Crippen molar-refractivity contribution in [1.82, 2.24) is 9.78 Å². The molecule has 2 aromatic rings. The number of aliphatic hydroxyl groups excluding tert-OH is 1. The maximum absolute atomic E-state index is 11.5. The van der Waals surface area contributed by atoms with E-state index in [0.717, 1.165) is 11.4 Å². The topological polar surface area (TPSA) is 55.1 Å². The van der Waals surface area contributed by atoms with E-state index in [1.54, 1.807) is 4.68 Å². The number of hydrogen-bond donors (Lipinski definition) is 1. The average Bonchev–Trinajstić information content (AvgIpc) is 2.79. The van der Waals surface area contributed by atoms with Crippen LogP contribution >= 0.6 is 0 Å². The molecule has 90 valence electrons. The van der Waals surface area contributed by atoms with E-state index in [0.29, 0.717) is 11.5 Å². The summed E-state index contributed by atoms with van der Waals surface area (Å²) in [5, 5.41) is 13.0. The molecule has 0 radical (unpaired) electrons. The van der Waals surface area contributed by atoms with E-state index in [2.05, 4.69) is 5.10 Å². The van der Waals surface area contributed by atoms with Crippen LogP contribution in [0.5, 0.6) is 0 Å². The molecule has 0 amide bonds. The quantitative estimate of drug-likeness (QED) is 0.865. The summed E-state index contributed by atoms with van der Waals surface area (Å²) in [6.07, 6.45) is 1.85. The second kappa shape index (κ2) is 5.75. The minimum absolute atomic E-state index is 0.0496. The molecule has 1 heterocycles. The largest absolute Gasteiger partial charge is 0.395 e. The minimum atomic E-state index is -1.04. The van der Waals surface area contributed by atoms with Gasteiger partial charge in [-0.2, -0.15) is 5.10 Å². The van der Waals surface area contributed by atoms with Crippen LogP contribution in [0.3, 0.4) is 0 Å². The molecule has 0 aliphatic rings. The number of benzene rings is 1. The normalized spacial score (nSPS) is 12.5. The molecule has 1 aromatic carbocycles. The molecule has 1 aromatic heterocycles. The van der Waals surface area contributed by atoms with E-state index in [9.17, 15) is 4.21 Å². The molecular formula is C12H14N2O2S. The Hall–Kier alpha value is -1.46. The fourth-order valence-corrected chi connectivity index (χ4v) is 2.33. The summed E-state index contributed by atoms with van der Waals surface area (Å²) in [6, 6.07) is 11.6. The predicted octanol–water partition coefficient (Wildman–Crippen LogP) is 1.11. The van der Waals surface area contributed by atoms with Crippen molar-refractivity contribution >= 4 is 10.8 Å². The van der Waals surface area contributed by atoms with E-state index >= 15 is 0 Å². The van der Waals surface area contributed by atoms with Crippen LogP contribution in [-0.4, -0.2) is 31.5 Å². The molecule has 0 saturated carbocycles. The predicted molar refractivity (Wildman–Crippen MR) is 67.4 cm³/mol. The SMILES string of the molecule is O=S(CCO)Cc1ccn(-c2ccccc2)n1. The third-order valence-corrected chi connectivity index (χ3v) is 3.55. The van der Waals surface area contributed by atoms with Crippen LogP contribution in [-0.2, 0) is 16.6 Å². The molecule has 0 aliphatic heterocycles. The molecule has 0 spiro atoms. The Balaban J connectivity index is 2.09. The molecule has 17 heavy (non-hydrogen) atoms. The summed E-state index contributed by atoms with van der Waals surface area (Å²) in [5.41, 5.74) is 1.76. The minimum Gasteiger partial charge on any atom is -0.395 e. The highest BCUT2D eigenvalue weighted by molar-refractivity contribution is 7.84. The number of aromatic nitrogens is 2. The van der Waals surface area contributed by atoms with E-state index in [1.165, 1.54) is 0 Å². The molecule has 1 atom stereocenters. The lowest BCUT2D eigenvalue weighted by Crippen LogP contribution is -2.05. The highest BCUT2D eigenvalue weighted by Gasteiger charge is 2.05. The Labute approximate surface area is 102 Å². The van der Waals surface area contributed by atoms with Gasteiger partial charge in [-0.1, -0.05) is 18.2 Å². The fraction of sp³-hybridized carbons (Fsp3) is 0.250. The van der Waals surface area contributed by atoms with Crippen molar-refractivity contribution in [2.75, 3.05) is 12.4 Å². The Morgan fingerprint density at radius 1 is 1.24 bits per heavy atom. The van der Waals surface area contributed by atoms with Crippen molar-refractivity contribution in [3.05, 3.63) is 48.3 Å². The number of para-hydroxylation sites is 1. The molecule has 0 fully saturated rings. The number of rotatable bonds is 5. The lowest BCUT2D eigenvalue weighted by molar-refractivity contribution is 0.321. The summed E-state index contributed by atoms with van der Waals surface area (Å²) in [4.78, 5) is 0. The Morgan fingerprint density at radius 2 is 2.00 bits per heavy atom. The maximum Gasteiger partial charge on any atom is 0.0753 e. The van der Waals surface area contributed by atoms with Crippen molar-refractivity contribution in [1.29, 1.82) is 0 Å². The van der Waals surface area contributed by atoms with Gasteiger partial charge in [0.1, 0.15) is 0 Å². The summed E-state index contributed by atoms with van der Waals surface area (Å²) >= 11 is 0. The van der Waals surface area contributed by atoms with Crippen LogP contribution in [0.1, 0.15) is 5.69 Å². The van der Waals surface area contributed by atoms with Gasteiger partial charge in [-0.15, -0.1) is 0 Å². The molecule has 0 aliphatic carbocycles. The molecular weight excluding hydrogens is 236 g/mol. The van der Waals surface area contributed by atoms with Gasteiger partial charge in [-0.3, -0.25) is 4.21 Å². The first-order valence-electron chi connectivity index (χ1n) is 5.35. The summed E-state index contributed by atoms with van der Waals surface area (Å²) in [6.45, 7) is -0.0496. The van der Waals surface area contributed by atoms with Crippen molar-refractivity contribution in [3.8, 4) is 5.69 Å². The van der Waals surface area contributed by atoms with E-state index in [1.807, 2.05) is 42.6 Å². The van der Waals surface area contributed by atoms with Crippen LogP contribution < -0.4 is 0 Å². The van der Waals surface area contributed by atoms with Crippen LogP contribution in [0.25, 0.3) is 5.69 Å². The van der Waals surface area contributed by atoms with Gasteiger partial charge < -0.3 is 5.11 Å². The van der Waals surface area contributed by atoms with Gasteiger partial charge in [0.2, 0.25) is 0 Å². The number of hydrogen-bond acceptors (Lipinski definition) is 3. The first-order chi connectivity index (χ1) is 8.29. The summed E-state index contributed by atoms with van der Waals surface area (Å²) < 4.78 is 13.2. The third kappa shape index (κ3) is 3.25. The Morgan fingerprint density at radius 3 is 2.71 bits per heavy atom. The first-order valence-corrected chi connectivity index (χ1v) is 6.84. The Kier molecular flexibility index (Phi) is 4.06. The smallest absolute Gasteiger partial charge is 0.0753 e. The second-order valence-electron chi connectivity index (χ2n) is 3.60. The summed E-state index contributed by atoms with van der Waals surface area (Å²) in [5.74, 6) is 0.693. The van der Waals surface area contributed by atoms with Gasteiger partial charge in [0.25, 0.3) is 0 Å². The van der Waals surface area contributed by atoms with Crippen molar-refractivity contribution in [2.24, 2.45) is 0 Å². The standard InChI is InChI=1S/C12H14N2O2S/c15-8-9-17(16)10-11-6-7-14(13-11)12-4-2-1-3-5-12/h1-7,15H,8-10H2. The molecule has 1 unspecified atom stereocenters. The fourth-order valence-electron chi connectivity index (χ4n) is 1.50. The maximum atomic E-state index is 11.5. The van der Waals surface area contributed by atoms with Crippen molar-refractivity contribution in [2.45, 2.75) is 5.75 Å². The van der Waals surface area contributed by atoms with Crippen molar-refractivity contribution < 1.29 is 9.32 Å². The zero-order valence-corrected chi connectivity index (χ0v) is 10.1. The van der Waals surface area contributed by atoms with Gasteiger partial charge in [0.15, 0.2) is 0 Å². The summed E-state index contributed by atoms with van der Waals surface area (Å²) in [7, 11) is -1.04. The monoisotopic (exact) mass is 250 g/mol.